The van der Waals surface area contributed by atoms with Crippen molar-refractivity contribution in [2.24, 2.45) is 0 Å². The first-order valence-corrected chi connectivity index (χ1v) is 10.5. The average molecular weight is 429 g/mol. The van der Waals surface area contributed by atoms with E-state index in [-0.39, 0.29) is 17.6 Å². The summed E-state index contributed by atoms with van der Waals surface area (Å²) in [6.07, 6.45) is 4.26. The molecule has 1 aromatic carbocycles. The highest BCUT2D eigenvalue weighted by atomic mass is 16.5. The largest absolute Gasteiger partial charge is 0.368 e. The Morgan fingerprint density at radius 2 is 1.78 bits per heavy atom. The minimum absolute atomic E-state index is 0.0760. The smallest absolute Gasteiger partial charge is 0.259 e. The van der Waals surface area contributed by atoms with Gasteiger partial charge in [-0.1, -0.05) is 23.4 Å². The van der Waals surface area contributed by atoms with E-state index in [2.05, 4.69) is 35.0 Å². The zero-order valence-electron chi connectivity index (χ0n) is 17.7. The fourth-order valence-electron chi connectivity index (χ4n) is 3.64. The first kappa shape index (κ1) is 20.0. The van der Waals surface area contributed by atoms with Gasteiger partial charge < -0.3 is 15.2 Å². The van der Waals surface area contributed by atoms with Crippen LogP contribution in [0.1, 0.15) is 18.5 Å². The minimum atomic E-state index is 0.0760. The molecule has 3 aromatic heterocycles. The molecule has 10 nitrogen and oxygen atoms in total. The quantitative estimate of drug-likeness (QED) is 0.489. The summed E-state index contributed by atoms with van der Waals surface area (Å²) >= 11 is 0. The highest BCUT2D eigenvalue weighted by Crippen LogP contribution is 2.24. The zero-order valence-corrected chi connectivity index (χ0v) is 17.7. The molecule has 0 unspecified atom stereocenters. The second-order valence-electron chi connectivity index (χ2n) is 7.66. The van der Waals surface area contributed by atoms with Gasteiger partial charge in [0.2, 0.25) is 23.5 Å². The van der Waals surface area contributed by atoms with Crippen molar-refractivity contribution in [2.75, 3.05) is 30.8 Å². The van der Waals surface area contributed by atoms with Gasteiger partial charge in [0.25, 0.3) is 5.89 Å². The molecular formula is C22H23N9O. The lowest BCUT2D eigenvalue weighted by atomic mass is 10.2. The van der Waals surface area contributed by atoms with Crippen molar-refractivity contribution in [1.82, 2.24) is 35.0 Å². The van der Waals surface area contributed by atoms with E-state index in [9.17, 15) is 0 Å². The molecule has 1 saturated heterocycles. The van der Waals surface area contributed by atoms with E-state index in [4.69, 9.17) is 10.3 Å². The van der Waals surface area contributed by atoms with E-state index in [0.717, 1.165) is 36.6 Å². The van der Waals surface area contributed by atoms with Gasteiger partial charge in [-0.25, -0.2) is 0 Å². The van der Waals surface area contributed by atoms with Crippen LogP contribution in [0.25, 0.3) is 23.1 Å². The maximum Gasteiger partial charge on any atom is 0.259 e. The molecular weight excluding hydrogens is 406 g/mol. The lowest BCUT2D eigenvalue weighted by Gasteiger charge is -2.17. The minimum Gasteiger partial charge on any atom is -0.368 e. The van der Waals surface area contributed by atoms with E-state index in [0.29, 0.717) is 11.8 Å². The number of pyridine rings is 1. The van der Waals surface area contributed by atoms with Crippen molar-refractivity contribution in [3.05, 3.63) is 54.4 Å². The Morgan fingerprint density at radius 1 is 0.969 bits per heavy atom. The van der Waals surface area contributed by atoms with Gasteiger partial charge in [0, 0.05) is 25.5 Å². The molecule has 4 heterocycles. The number of aromatic nitrogens is 6. The molecule has 1 fully saturated rings. The molecule has 32 heavy (non-hydrogen) atoms. The fraction of sp³-hybridized carbons (Fsp3) is 0.273. The number of rotatable bonds is 6. The third-order valence-corrected chi connectivity index (χ3v) is 5.37. The molecule has 0 atom stereocenters. The molecule has 4 aromatic rings. The van der Waals surface area contributed by atoms with Crippen LogP contribution in [-0.2, 0) is 6.54 Å². The molecule has 1 aliphatic rings. The molecule has 0 bridgehead atoms. The van der Waals surface area contributed by atoms with Crippen molar-refractivity contribution < 1.29 is 4.52 Å². The highest BCUT2D eigenvalue weighted by Gasteiger charge is 2.18. The fourth-order valence-corrected chi connectivity index (χ4v) is 3.64. The summed E-state index contributed by atoms with van der Waals surface area (Å²) in [5, 5.41) is 4.03. The van der Waals surface area contributed by atoms with E-state index < -0.39 is 0 Å². The molecule has 0 amide bonds. The Bertz CT molecular complexity index is 1190. The number of nitrogens with zero attached hydrogens (tertiary/aromatic N) is 8. The normalized spacial score (nSPS) is 14.0. The predicted octanol–water partition coefficient (Wildman–Crippen LogP) is 2.93. The van der Waals surface area contributed by atoms with E-state index >= 15 is 0 Å². The number of benzene rings is 1. The van der Waals surface area contributed by atoms with Crippen molar-refractivity contribution in [2.45, 2.75) is 19.4 Å². The van der Waals surface area contributed by atoms with Gasteiger partial charge in [-0.05, 0) is 50.2 Å². The molecule has 1 aliphatic heterocycles. The van der Waals surface area contributed by atoms with E-state index in [1.165, 1.54) is 12.8 Å². The van der Waals surface area contributed by atoms with E-state index in [1.54, 1.807) is 6.20 Å². The van der Waals surface area contributed by atoms with Crippen LogP contribution >= 0.6 is 0 Å². The Morgan fingerprint density at radius 3 is 2.53 bits per heavy atom. The van der Waals surface area contributed by atoms with Crippen LogP contribution < -0.4 is 10.6 Å². The van der Waals surface area contributed by atoms with Gasteiger partial charge in [-0.2, -0.15) is 19.9 Å². The third-order valence-electron chi connectivity index (χ3n) is 5.37. The van der Waals surface area contributed by atoms with Crippen LogP contribution in [0.15, 0.2) is 53.2 Å². The van der Waals surface area contributed by atoms with E-state index in [1.807, 2.05) is 54.4 Å². The molecule has 5 rings (SSSR count). The first-order valence-electron chi connectivity index (χ1n) is 10.5. The summed E-state index contributed by atoms with van der Waals surface area (Å²) < 4.78 is 5.44. The number of nitrogen functional groups attached to an aromatic ring is 1. The predicted molar refractivity (Wildman–Crippen MR) is 120 cm³/mol. The van der Waals surface area contributed by atoms with Crippen molar-refractivity contribution in [1.29, 1.82) is 0 Å². The van der Waals surface area contributed by atoms with Crippen molar-refractivity contribution >= 4 is 17.6 Å². The summed E-state index contributed by atoms with van der Waals surface area (Å²) in [5.74, 6) is 1.28. The van der Waals surface area contributed by atoms with Crippen LogP contribution in [0.2, 0.25) is 0 Å². The van der Waals surface area contributed by atoms with Gasteiger partial charge in [0.05, 0.1) is 11.3 Å². The van der Waals surface area contributed by atoms with Gasteiger partial charge in [-0.15, -0.1) is 0 Å². The molecule has 10 heteroatoms. The third kappa shape index (κ3) is 4.26. The van der Waals surface area contributed by atoms with Crippen LogP contribution in [-0.4, -0.2) is 55.1 Å². The molecule has 162 valence electrons. The second-order valence-corrected chi connectivity index (χ2v) is 7.66. The molecule has 0 spiro atoms. The summed E-state index contributed by atoms with van der Waals surface area (Å²) in [6, 6.07) is 13.6. The van der Waals surface area contributed by atoms with Gasteiger partial charge >= 0.3 is 0 Å². The number of nitrogens with two attached hydrogens (primary N) is 1. The standard InChI is InChI=1S/C22H23N9O/c1-30(17-7-3-2-4-8-17)22-27-18(26-21(23)28-22)19-25-20(32-29-19)15-9-10-16(24-13-15)14-31-11-5-6-12-31/h2-4,7-10,13H,5-6,11-12,14H2,1H3,(H2,23,26,27,28). The van der Waals surface area contributed by atoms with Crippen molar-refractivity contribution in [3.8, 4) is 23.1 Å². The van der Waals surface area contributed by atoms with Crippen LogP contribution in [0, 0.1) is 0 Å². The molecule has 0 aliphatic carbocycles. The summed E-state index contributed by atoms with van der Waals surface area (Å²) in [5.41, 5.74) is 8.60. The Labute approximate surface area is 185 Å². The second kappa shape index (κ2) is 8.67. The molecule has 2 N–H and O–H groups in total. The number of para-hydroxylation sites is 1. The Kier molecular flexibility index (Phi) is 5.42. The monoisotopic (exact) mass is 429 g/mol. The first-order chi connectivity index (χ1) is 15.7. The lowest BCUT2D eigenvalue weighted by molar-refractivity contribution is 0.327. The zero-order chi connectivity index (χ0) is 21.9. The van der Waals surface area contributed by atoms with Crippen molar-refractivity contribution in [3.63, 3.8) is 0 Å². The van der Waals surface area contributed by atoms with Gasteiger partial charge in [0.15, 0.2) is 0 Å². The van der Waals surface area contributed by atoms with Crippen LogP contribution in [0.4, 0.5) is 17.6 Å². The Hall–Kier alpha value is -3.92. The Balaban J connectivity index is 1.37. The maximum atomic E-state index is 5.93. The topological polar surface area (TPSA) is 123 Å². The summed E-state index contributed by atoms with van der Waals surface area (Å²) in [4.78, 5) is 26.1. The van der Waals surface area contributed by atoms with Gasteiger partial charge in [-0.3, -0.25) is 9.88 Å². The molecule has 0 saturated carbocycles. The maximum absolute atomic E-state index is 5.93. The summed E-state index contributed by atoms with van der Waals surface area (Å²) in [6.45, 7) is 3.12. The number of likely N-dealkylation sites (tertiary alicyclic amines) is 1. The molecule has 0 radical (unpaired) electrons. The van der Waals surface area contributed by atoms with Crippen LogP contribution in [0.5, 0.6) is 0 Å². The number of anilines is 3. The number of hydrogen-bond donors (Lipinski definition) is 1. The summed E-state index contributed by atoms with van der Waals surface area (Å²) in [7, 11) is 1.85. The van der Waals surface area contributed by atoms with Crippen LogP contribution in [0.3, 0.4) is 0 Å². The SMILES string of the molecule is CN(c1ccccc1)c1nc(N)nc(-c2noc(-c3ccc(CN4CCCC4)nc3)n2)n1. The van der Waals surface area contributed by atoms with Gasteiger partial charge in [0.1, 0.15) is 0 Å². The lowest BCUT2D eigenvalue weighted by Crippen LogP contribution is -2.18. The number of hydrogen-bond acceptors (Lipinski definition) is 10. The highest BCUT2D eigenvalue weighted by molar-refractivity contribution is 5.60. The average Bonchev–Trinajstić information content (AvgIpc) is 3.52.